The Hall–Kier alpha value is -0.900. The number of hydrogen-bond acceptors (Lipinski definition) is 3. The van der Waals surface area contributed by atoms with E-state index in [2.05, 4.69) is 42.7 Å². The van der Waals surface area contributed by atoms with Gasteiger partial charge in [0.2, 0.25) is 0 Å². The molecule has 4 rings (SSSR count). The van der Waals surface area contributed by atoms with E-state index in [1.54, 1.807) is 0 Å². The number of piperidine rings is 1. The molecular formula is C23H36N2O. The normalized spacial score (nSPS) is 30.8. The maximum absolute atomic E-state index is 9.88. The number of likely N-dealkylation sites (tertiary alicyclic amines) is 2. The number of fused-ring (bicyclic) bond motifs is 1. The van der Waals surface area contributed by atoms with Crippen molar-refractivity contribution in [3.63, 3.8) is 0 Å². The van der Waals surface area contributed by atoms with Crippen molar-refractivity contribution >= 4 is 0 Å². The van der Waals surface area contributed by atoms with E-state index in [1.165, 1.54) is 61.3 Å². The zero-order valence-corrected chi connectivity index (χ0v) is 16.9. The largest absolute Gasteiger partial charge is 0.393 e. The fraction of sp³-hybridized carbons (Fsp3) is 0.739. The summed E-state index contributed by atoms with van der Waals surface area (Å²) in [4.78, 5) is 5.28. The van der Waals surface area contributed by atoms with E-state index in [0.29, 0.717) is 0 Å². The molecule has 3 fully saturated rings. The molecule has 1 aromatic rings. The van der Waals surface area contributed by atoms with E-state index >= 15 is 0 Å². The molecule has 1 N–H and O–H groups in total. The van der Waals surface area contributed by atoms with Gasteiger partial charge in [-0.1, -0.05) is 24.6 Å². The van der Waals surface area contributed by atoms with Crippen LogP contribution in [-0.2, 0) is 13.1 Å². The molecule has 0 spiro atoms. The molecular weight excluding hydrogens is 320 g/mol. The Kier molecular flexibility index (Phi) is 5.41. The Bertz CT molecular complexity index is 621. The summed E-state index contributed by atoms with van der Waals surface area (Å²) in [6, 6.07) is 4.81. The molecule has 0 amide bonds. The summed E-state index contributed by atoms with van der Waals surface area (Å²) in [6.45, 7) is 14.0. The Balaban J connectivity index is 1.43. The van der Waals surface area contributed by atoms with E-state index in [0.717, 1.165) is 43.7 Å². The van der Waals surface area contributed by atoms with Gasteiger partial charge < -0.3 is 5.11 Å². The molecule has 0 radical (unpaired) electrons. The van der Waals surface area contributed by atoms with E-state index in [4.69, 9.17) is 0 Å². The summed E-state index contributed by atoms with van der Waals surface area (Å²) in [7, 11) is 0. The smallest absolute Gasteiger partial charge is 0.0546 e. The molecule has 0 bridgehead atoms. The summed E-state index contributed by atoms with van der Waals surface area (Å²) >= 11 is 0. The number of nitrogens with zero attached hydrogens (tertiary/aromatic N) is 2. The van der Waals surface area contributed by atoms with Crippen molar-refractivity contribution in [2.75, 3.05) is 26.2 Å². The zero-order chi connectivity index (χ0) is 18.3. The topological polar surface area (TPSA) is 26.7 Å². The zero-order valence-electron chi connectivity index (χ0n) is 16.9. The predicted molar refractivity (Wildman–Crippen MR) is 107 cm³/mol. The third-order valence-electron chi connectivity index (χ3n) is 7.23. The molecule has 1 aliphatic carbocycles. The minimum Gasteiger partial charge on any atom is -0.393 e. The highest BCUT2D eigenvalue weighted by molar-refractivity contribution is 5.38. The molecule has 1 saturated carbocycles. The standard InChI is InChI=1S/C23H36N2O/c1-16-4-6-24(7-5-16)12-19-8-17(2)9-20(18(19)3)13-25-14-21-10-23(26)11-22(21)15-25/h8-9,16,21-23,26H,4-7,10-15H2,1-3H3/t21-,22+,23?. The van der Waals surface area contributed by atoms with E-state index in [-0.39, 0.29) is 6.10 Å². The summed E-state index contributed by atoms with van der Waals surface area (Å²) in [5.74, 6) is 2.35. The maximum atomic E-state index is 9.88. The molecule has 1 aromatic carbocycles. The fourth-order valence-corrected chi connectivity index (χ4v) is 5.54. The monoisotopic (exact) mass is 356 g/mol. The molecule has 1 unspecified atom stereocenters. The van der Waals surface area contributed by atoms with Crippen LogP contribution >= 0.6 is 0 Å². The third-order valence-corrected chi connectivity index (χ3v) is 7.23. The van der Waals surface area contributed by atoms with Gasteiger partial charge in [0.05, 0.1) is 6.10 Å². The second kappa shape index (κ2) is 7.61. The molecule has 3 atom stereocenters. The minimum atomic E-state index is -0.0354. The average molecular weight is 357 g/mol. The fourth-order valence-electron chi connectivity index (χ4n) is 5.54. The van der Waals surface area contributed by atoms with Crippen molar-refractivity contribution in [1.82, 2.24) is 9.80 Å². The quantitative estimate of drug-likeness (QED) is 0.890. The van der Waals surface area contributed by atoms with Crippen molar-refractivity contribution in [3.05, 3.63) is 34.4 Å². The van der Waals surface area contributed by atoms with Crippen molar-refractivity contribution in [2.24, 2.45) is 17.8 Å². The molecule has 2 aliphatic heterocycles. The first-order chi connectivity index (χ1) is 12.5. The lowest BCUT2D eigenvalue weighted by molar-refractivity contribution is 0.161. The second-order valence-electron chi connectivity index (χ2n) is 9.51. The lowest BCUT2D eigenvalue weighted by Gasteiger charge is -2.31. The van der Waals surface area contributed by atoms with Gasteiger partial charge in [0.1, 0.15) is 0 Å². The van der Waals surface area contributed by atoms with E-state index < -0.39 is 0 Å². The molecule has 0 aromatic heterocycles. The number of aliphatic hydroxyl groups excluding tert-OH is 1. The maximum Gasteiger partial charge on any atom is 0.0546 e. The minimum absolute atomic E-state index is 0.0354. The molecule has 3 aliphatic rings. The molecule has 2 heterocycles. The summed E-state index contributed by atoms with van der Waals surface area (Å²) < 4.78 is 0. The first-order valence-corrected chi connectivity index (χ1v) is 10.7. The van der Waals surface area contributed by atoms with Crippen LogP contribution < -0.4 is 0 Å². The highest BCUT2D eigenvalue weighted by Crippen LogP contribution is 2.38. The number of aliphatic hydroxyl groups is 1. The Morgan fingerprint density at radius 1 is 0.923 bits per heavy atom. The van der Waals surface area contributed by atoms with Gasteiger partial charge in [-0.15, -0.1) is 0 Å². The van der Waals surface area contributed by atoms with Crippen LogP contribution in [0, 0.1) is 31.6 Å². The van der Waals surface area contributed by atoms with Gasteiger partial charge >= 0.3 is 0 Å². The molecule has 3 heteroatoms. The SMILES string of the molecule is Cc1cc(CN2CCC(C)CC2)c(C)c(CN2C[C@H]3CC(O)C[C@H]3C2)c1. The first kappa shape index (κ1) is 18.5. The van der Waals surface area contributed by atoms with Crippen LogP contribution in [0.1, 0.15) is 54.9 Å². The van der Waals surface area contributed by atoms with Crippen LogP contribution in [0.5, 0.6) is 0 Å². The van der Waals surface area contributed by atoms with Gasteiger partial charge in [0.25, 0.3) is 0 Å². The number of aryl methyl sites for hydroxylation is 1. The molecule has 2 saturated heterocycles. The molecule has 3 nitrogen and oxygen atoms in total. The number of hydrogen-bond donors (Lipinski definition) is 1. The third kappa shape index (κ3) is 4.00. The van der Waals surface area contributed by atoms with Gasteiger partial charge in [-0.2, -0.15) is 0 Å². The van der Waals surface area contributed by atoms with Gasteiger partial charge in [-0.25, -0.2) is 0 Å². The summed E-state index contributed by atoms with van der Waals surface area (Å²) in [6.07, 6.45) is 4.70. The van der Waals surface area contributed by atoms with E-state index in [9.17, 15) is 5.11 Å². The lowest BCUT2D eigenvalue weighted by Crippen LogP contribution is -2.32. The second-order valence-corrected chi connectivity index (χ2v) is 9.51. The first-order valence-electron chi connectivity index (χ1n) is 10.7. The van der Waals surface area contributed by atoms with Gasteiger partial charge in [0, 0.05) is 26.2 Å². The highest BCUT2D eigenvalue weighted by atomic mass is 16.3. The Morgan fingerprint density at radius 2 is 1.46 bits per heavy atom. The van der Waals surface area contributed by atoms with Gasteiger partial charge in [-0.3, -0.25) is 9.80 Å². The van der Waals surface area contributed by atoms with Crippen LogP contribution in [0.15, 0.2) is 12.1 Å². The summed E-state index contributed by atoms with van der Waals surface area (Å²) in [5.41, 5.74) is 5.96. The molecule has 26 heavy (non-hydrogen) atoms. The van der Waals surface area contributed by atoms with Crippen LogP contribution in [0.3, 0.4) is 0 Å². The van der Waals surface area contributed by atoms with Gasteiger partial charge in [0.15, 0.2) is 0 Å². The van der Waals surface area contributed by atoms with Crippen molar-refractivity contribution < 1.29 is 5.11 Å². The van der Waals surface area contributed by atoms with Crippen molar-refractivity contribution in [3.8, 4) is 0 Å². The number of rotatable bonds is 4. The molecule has 144 valence electrons. The Labute approximate surface area is 159 Å². The summed E-state index contributed by atoms with van der Waals surface area (Å²) in [5, 5.41) is 9.88. The number of benzene rings is 1. The van der Waals surface area contributed by atoms with Gasteiger partial charge in [-0.05, 0) is 87.1 Å². The average Bonchev–Trinajstić information content (AvgIpc) is 3.10. The van der Waals surface area contributed by atoms with Crippen molar-refractivity contribution in [1.29, 1.82) is 0 Å². The Morgan fingerprint density at radius 3 is 2.04 bits per heavy atom. The van der Waals surface area contributed by atoms with Crippen LogP contribution in [0.2, 0.25) is 0 Å². The van der Waals surface area contributed by atoms with Crippen LogP contribution in [0.25, 0.3) is 0 Å². The van der Waals surface area contributed by atoms with Crippen molar-refractivity contribution in [2.45, 2.75) is 65.6 Å². The van der Waals surface area contributed by atoms with Crippen LogP contribution in [-0.4, -0.2) is 47.2 Å². The van der Waals surface area contributed by atoms with E-state index in [1.807, 2.05) is 0 Å². The highest BCUT2D eigenvalue weighted by Gasteiger charge is 2.40. The predicted octanol–water partition coefficient (Wildman–Crippen LogP) is 3.74. The van der Waals surface area contributed by atoms with Crippen LogP contribution in [0.4, 0.5) is 0 Å². The lowest BCUT2D eigenvalue weighted by atomic mass is 9.95.